The highest BCUT2D eigenvalue weighted by atomic mass is 79.9. The molecule has 0 atom stereocenters. The predicted molar refractivity (Wildman–Crippen MR) is 80.0 cm³/mol. The maximum Gasteiger partial charge on any atom is 0.248 e. The summed E-state index contributed by atoms with van der Waals surface area (Å²) < 4.78 is 6.54. The molecule has 0 amide bonds. The number of rotatable bonds is 6. The van der Waals surface area contributed by atoms with Gasteiger partial charge in [-0.25, -0.2) is 0 Å². The lowest BCUT2D eigenvalue weighted by Crippen LogP contribution is -2.31. The van der Waals surface area contributed by atoms with Gasteiger partial charge in [-0.1, -0.05) is 26.0 Å². The monoisotopic (exact) mass is 339 g/mol. The molecule has 20 heavy (non-hydrogen) atoms. The Labute approximate surface area is 126 Å². The van der Waals surface area contributed by atoms with Gasteiger partial charge in [0.25, 0.3) is 0 Å². The van der Waals surface area contributed by atoms with Gasteiger partial charge in [0, 0.05) is 23.0 Å². The van der Waals surface area contributed by atoms with Crippen LogP contribution in [0.1, 0.15) is 19.7 Å². The first-order valence-electron chi connectivity index (χ1n) is 6.41. The van der Waals surface area contributed by atoms with Gasteiger partial charge in [0.05, 0.1) is 12.1 Å². The van der Waals surface area contributed by atoms with Crippen LogP contribution in [0.2, 0.25) is 0 Å². The second-order valence-corrected chi connectivity index (χ2v) is 6.26. The SMILES string of the molecule is CC(C)(CO)CNCc1nnc(-c2ccccc2Br)o1. The fourth-order valence-corrected chi connectivity index (χ4v) is 2.09. The molecule has 108 valence electrons. The summed E-state index contributed by atoms with van der Waals surface area (Å²) in [4.78, 5) is 0. The zero-order valence-electron chi connectivity index (χ0n) is 11.6. The van der Waals surface area contributed by atoms with Gasteiger partial charge in [-0.05, 0) is 28.1 Å². The average molecular weight is 340 g/mol. The molecule has 0 saturated carbocycles. The Balaban J connectivity index is 1.98. The molecule has 0 aliphatic heterocycles. The first-order chi connectivity index (χ1) is 9.52. The second kappa shape index (κ2) is 6.47. The second-order valence-electron chi connectivity index (χ2n) is 5.41. The number of aliphatic hydroxyl groups is 1. The van der Waals surface area contributed by atoms with E-state index < -0.39 is 0 Å². The summed E-state index contributed by atoms with van der Waals surface area (Å²) in [7, 11) is 0. The molecule has 1 heterocycles. The molecule has 2 N–H and O–H groups in total. The van der Waals surface area contributed by atoms with E-state index in [4.69, 9.17) is 4.42 Å². The Hall–Kier alpha value is -1.24. The van der Waals surface area contributed by atoms with E-state index in [0.29, 0.717) is 24.9 Å². The summed E-state index contributed by atoms with van der Waals surface area (Å²) >= 11 is 3.46. The van der Waals surface area contributed by atoms with Crippen LogP contribution in [0.15, 0.2) is 33.2 Å². The summed E-state index contributed by atoms with van der Waals surface area (Å²) in [6, 6.07) is 7.71. The Morgan fingerprint density at radius 2 is 2.05 bits per heavy atom. The van der Waals surface area contributed by atoms with Crippen LogP contribution in [-0.2, 0) is 6.54 Å². The van der Waals surface area contributed by atoms with Crippen LogP contribution in [0.5, 0.6) is 0 Å². The fraction of sp³-hybridized carbons (Fsp3) is 0.429. The molecule has 6 heteroatoms. The van der Waals surface area contributed by atoms with Gasteiger partial charge in [0.2, 0.25) is 11.8 Å². The number of aliphatic hydroxyl groups excluding tert-OH is 1. The first kappa shape index (κ1) is 15.2. The van der Waals surface area contributed by atoms with Crippen molar-refractivity contribution >= 4 is 15.9 Å². The summed E-state index contributed by atoms with van der Waals surface area (Å²) in [6.45, 7) is 5.27. The van der Waals surface area contributed by atoms with Crippen LogP contribution in [0.25, 0.3) is 11.5 Å². The Kier molecular flexibility index (Phi) is 4.91. The van der Waals surface area contributed by atoms with Crippen LogP contribution in [0.4, 0.5) is 0 Å². The molecular formula is C14H18BrN3O2. The van der Waals surface area contributed by atoms with E-state index in [-0.39, 0.29) is 12.0 Å². The van der Waals surface area contributed by atoms with Crippen molar-refractivity contribution in [3.63, 3.8) is 0 Å². The van der Waals surface area contributed by atoms with Gasteiger partial charge in [-0.2, -0.15) is 0 Å². The van der Waals surface area contributed by atoms with Gasteiger partial charge in [-0.15, -0.1) is 10.2 Å². The number of hydrogen-bond acceptors (Lipinski definition) is 5. The molecule has 0 fully saturated rings. The predicted octanol–water partition coefficient (Wildman–Crippen LogP) is 2.61. The molecule has 0 unspecified atom stereocenters. The smallest absolute Gasteiger partial charge is 0.248 e. The maximum absolute atomic E-state index is 9.18. The number of hydrogen-bond donors (Lipinski definition) is 2. The molecule has 2 aromatic rings. The lowest BCUT2D eigenvalue weighted by molar-refractivity contribution is 0.156. The van der Waals surface area contributed by atoms with Crippen molar-refractivity contribution in [2.24, 2.45) is 5.41 Å². The van der Waals surface area contributed by atoms with Crippen LogP contribution in [-0.4, -0.2) is 28.5 Å². The summed E-state index contributed by atoms with van der Waals surface area (Å²) in [5.74, 6) is 1.03. The van der Waals surface area contributed by atoms with Gasteiger partial charge in [-0.3, -0.25) is 0 Å². The van der Waals surface area contributed by atoms with Crippen LogP contribution >= 0.6 is 15.9 Å². The van der Waals surface area contributed by atoms with E-state index in [1.165, 1.54) is 0 Å². The quantitative estimate of drug-likeness (QED) is 0.846. The fourth-order valence-electron chi connectivity index (χ4n) is 1.63. The van der Waals surface area contributed by atoms with E-state index in [2.05, 4.69) is 31.4 Å². The van der Waals surface area contributed by atoms with E-state index in [0.717, 1.165) is 10.0 Å². The normalized spacial score (nSPS) is 11.8. The molecule has 1 aromatic carbocycles. The van der Waals surface area contributed by atoms with Gasteiger partial charge in [0.15, 0.2) is 0 Å². The van der Waals surface area contributed by atoms with Crippen molar-refractivity contribution < 1.29 is 9.52 Å². The molecule has 0 bridgehead atoms. The van der Waals surface area contributed by atoms with Crippen molar-refractivity contribution in [1.29, 1.82) is 0 Å². The number of aromatic nitrogens is 2. The third-order valence-corrected chi connectivity index (χ3v) is 3.57. The van der Waals surface area contributed by atoms with Crippen molar-refractivity contribution in [2.75, 3.05) is 13.2 Å². The van der Waals surface area contributed by atoms with Gasteiger partial charge in [0.1, 0.15) is 0 Å². The molecular weight excluding hydrogens is 322 g/mol. The first-order valence-corrected chi connectivity index (χ1v) is 7.20. The zero-order valence-corrected chi connectivity index (χ0v) is 13.1. The Morgan fingerprint density at radius 3 is 2.75 bits per heavy atom. The van der Waals surface area contributed by atoms with E-state index in [1.54, 1.807) is 0 Å². The maximum atomic E-state index is 9.18. The van der Waals surface area contributed by atoms with E-state index >= 15 is 0 Å². The molecule has 1 aromatic heterocycles. The molecule has 0 spiro atoms. The average Bonchev–Trinajstić information content (AvgIpc) is 2.88. The number of halogens is 1. The number of nitrogens with zero attached hydrogens (tertiary/aromatic N) is 2. The van der Waals surface area contributed by atoms with Crippen LogP contribution in [0, 0.1) is 5.41 Å². The molecule has 0 aliphatic rings. The third-order valence-electron chi connectivity index (χ3n) is 2.88. The standard InChI is InChI=1S/C14H18BrN3O2/c1-14(2,9-19)8-16-7-12-17-18-13(20-12)10-5-3-4-6-11(10)15/h3-6,16,19H,7-9H2,1-2H3. The topological polar surface area (TPSA) is 71.2 Å². The lowest BCUT2D eigenvalue weighted by atomic mass is 9.95. The third kappa shape index (κ3) is 3.88. The number of nitrogens with one attached hydrogen (secondary N) is 1. The highest BCUT2D eigenvalue weighted by molar-refractivity contribution is 9.10. The molecule has 0 radical (unpaired) electrons. The molecule has 2 rings (SSSR count). The summed E-state index contributed by atoms with van der Waals surface area (Å²) in [6.07, 6.45) is 0. The molecule has 0 aliphatic carbocycles. The van der Waals surface area contributed by atoms with Crippen molar-refractivity contribution in [3.05, 3.63) is 34.6 Å². The van der Waals surface area contributed by atoms with Gasteiger partial charge >= 0.3 is 0 Å². The van der Waals surface area contributed by atoms with Crippen molar-refractivity contribution in [2.45, 2.75) is 20.4 Å². The van der Waals surface area contributed by atoms with Crippen LogP contribution < -0.4 is 5.32 Å². The molecule has 5 nitrogen and oxygen atoms in total. The molecule has 0 saturated heterocycles. The Morgan fingerprint density at radius 1 is 1.30 bits per heavy atom. The minimum Gasteiger partial charge on any atom is -0.419 e. The zero-order chi connectivity index (χ0) is 14.6. The summed E-state index contributed by atoms with van der Waals surface area (Å²) in [5.41, 5.74) is 0.715. The minimum absolute atomic E-state index is 0.131. The van der Waals surface area contributed by atoms with E-state index in [9.17, 15) is 5.11 Å². The lowest BCUT2D eigenvalue weighted by Gasteiger charge is -2.21. The van der Waals surface area contributed by atoms with Crippen molar-refractivity contribution in [1.82, 2.24) is 15.5 Å². The highest BCUT2D eigenvalue weighted by Gasteiger charge is 2.16. The van der Waals surface area contributed by atoms with Crippen LogP contribution in [0.3, 0.4) is 0 Å². The largest absolute Gasteiger partial charge is 0.419 e. The highest BCUT2D eigenvalue weighted by Crippen LogP contribution is 2.26. The number of benzene rings is 1. The van der Waals surface area contributed by atoms with Crippen molar-refractivity contribution in [3.8, 4) is 11.5 Å². The summed E-state index contributed by atoms with van der Waals surface area (Å²) in [5, 5.41) is 20.4. The van der Waals surface area contributed by atoms with E-state index in [1.807, 2.05) is 38.1 Å². The van der Waals surface area contributed by atoms with Gasteiger partial charge < -0.3 is 14.8 Å². The Bertz CT molecular complexity index is 569. The minimum atomic E-state index is -0.161.